The Balaban J connectivity index is 1.88. The van der Waals surface area contributed by atoms with Gasteiger partial charge in [-0.25, -0.2) is 4.79 Å². The van der Waals surface area contributed by atoms with Crippen molar-refractivity contribution in [2.45, 2.75) is 70.8 Å². The van der Waals surface area contributed by atoms with E-state index in [1.54, 1.807) is 6.07 Å². The van der Waals surface area contributed by atoms with Crippen LogP contribution in [-0.4, -0.2) is 24.6 Å². The van der Waals surface area contributed by atoms with Crippen molar-refractivity contribution in [3.8, 4) is 0 Å². The Bertz CT molecular complexity index is 737. The molecule has 4 unspecified atom stereocenters. The maximum absolute atomic E-state index is 12.9. The summed E-state index contributed by atoms with van der Waals surface area (Å²) in [7, 11) is 1.40. The first kappa shape index (κ1) is 21.2. The quantitative estimate of drug-likeness (QED) is 0.598. The van der Waals surface area contributed by atoms with Crippen LogP contribution in [0.4, 0.5) is 0 Å². The molecule has 2 bridgehead atoms. The second-order valence-electron chi connectivity index (χ2n) is 9.31. The highest BCUT2D eigenvalue weighted by Gasteiger charge is 2.40. The number of carbonyl (C=O) groups excluding carboxylic acids is 2. The van der Waals surface area contributed by atoms with Gasteiger partial charge in [0.1, 0.15) is 5.60 Å². The highest BCUT2D eigenvalue weighted by atomic mass is 35.5. The lowest BCUT2D eigenvalue weighted by atomic mass is 9.75. The molecule has 3 rings (SSSR count). The summed E-state index contributed by atoms with van der Waals surface area (Å²) in [5.74, 6) is 0.617. The van der Waals surface area contributed by atoms with Gasteiger partial charge in [-0.05, 0) is 88.3 Å². The molecule has 2 fully saturated rings. The molecule has 0 heterocycles. The van der Waals surface area contributed by atoms with Gasteiger partial charge in [0.15, 0.2) is 0 Å². The number of ether oxygens (including phenoxy) is 2. The first-order chi connectivity index (χ1) is 13.2. The number of carbonyl (C=O) groups is 2. The maximum atomic E-state index is 12.9. The van der Waals surface area contributed by atoms with Crippen molar-refractivity contribution in [3.63, 3.8) is 0 Å². The van der Waals surface area contributed by atoms with Gasteiger partial charge in [-0.2, -0.15) is 0 Å². The Morgan fingerprint density at radius 3 is 2.46 bits per heavy atom. The van der Waals surface area contributed by atoms with Gasteiger partial charge in [0, 0.05) is 5.02 Å². The van der Waals surface area contributed by atoms with E-state index >= 15 is 0 Å². The number of hydrogen-bond donors (Lipinski definition) is 0. The summed E-state index contributed by atoms with van der Waals surface area (Å²) in [6.45, 7) is 5.76. The summed E-state index contributed by atoms with van der Waals surface area (Å²) >= 11 is 6.14. The van der Waals surface area contributed by atoms with Gasteiger partial charge in [0.05, 0.1) is 18.6 Å². The first-order valence-electron chi connectivity index (χ1n) is 10.3. The molecule has 0 spiro atoms. The minimum atomic E-state index is -0.467. The zero-order chi connectivity index (χ0) is 20.5. The normalized spacial score (nSPS) is 27.6. The van der Waals surface area contributed by atoms with E-state index < -0.39 is 5.60 Å². The van der Waals surface area contributed by atoms with Crippen molar-refractivity contribution in [1.82, 2.24) is 0 Å². The zero-order valence-electron chi connectivity index (χ0n) is 17.3. The monoisotopic (exact) mass is 406 g/mol. The minimum Gasteiger partial charge on any atom is -0.465 e. The molecular weight excluding hydrogens is 376 g/mol. The summed E-state index contributed by atoms with van der Waals surface area (Å²) in [6.07, 6.45) is 6.07. The molecule has 4 atom stereocenters. The van der Waals surface area contributed by atoms with Crippen molar-refractivity contribution >= 4 is 23.5 Å². The topological polar surface area (TPSA) is 52.6 Å². The molecule has 5 heteroatoms. The number of fused-ring (bicyclic) bond motifs is 3. The van der Waals surface area contributed by atoms with E-state index in [0.717, 1.165) is 44.1 Å². The molecule has 0 aromatic heterocycles. The van der Waals surface area contributed by atoms with Crippen molar-refractivity contribution in [2.24, 2.45) is 17.8 Å². The summed E-state index contributed by atoms with van der Waals surface area (Å²) in [5.41, 5.74) is 1.08. The van der Waals surface area contributed by atoms with Gasteiger partial charge in [-0.15, -0.1) is 0 Å². The van der Waals surface area contributed by atoms with Crippen molar-refractivity contribution < 1.29 is 19.1 Å². The van der Waals surface area contributed by atoms with E-state index in [1.165, 1.54) is 7.11 Å². The number of rotatable bonds is 3. The van der Waals surface area contributed by atoms with Crippen LogP contribution in [0, 0.1) is 17.8 Å². The van der Waals surface area contributed by atoms with Crippen LogP contribution in [-0.2, 0) is 14.3 Å². The van der Waals surface area contributed by atoms with Crippen LogP contribution in [0.2, 0.25) is 5.02 Å². The molecule has 0 N–H and O–H groups in total. The van der Waals surface area contributed by atoms with Gasteiger partial charge in [0.2, 0.25) is 0 Å². The summed E-state index contributed by atoms with van der Waals surface area (Å²) < 4.78 is 10.7. The van der Waals surface area contributed by atoms with Crippen LogP contribution in [0.1, 0.15) is 81.1 Å². The fourth-order valence-electron chi connectivity index (χ4n) is 4.94. The fraction of sp³-hybridized carbons (Fsp3) is 0.652. The van der Waals surface area contributed by atoms with Gasteiger partial charge >= 0.3 is 11.9 Å². The van der Waals surface area contributed by atoms with E-state index in [4.69, 9.17) is 21.1 Å². The second kappa shape index (κ2) is 8.44. The van der Waals surface area contributed by atoms with Crippen molar-refractivity contribution in [3.05, 3.63) is 34.3 Å². The Labute approximate surface area is 172 Å². The van der Waals surface area contributed by atoms with E-state index in [-0.39, 0.29) is 29.7 Å². The smallest absolute Gasteiger partial charge is 0.338 e. The molecule has 0 amide bonds. The van der Waals surface area contributed by atoms with Gasteiger partial charge in [-0.3, -0.25) is 4.79 Å². The van der Waals surface area contributed by atoms with Crippen LogP contribution < -0.4 is 0 Å². The molecule has 0 saturated heterocycles. The molecule has 2 saturated carbocycles. The molecular formula is C23H31ClO4. The van der Waals surface area contributed by atoms with Crippen LogP contribution in [0.3, 0.4) is 0 Å². The van der Waals surface area contributed by atoms with Crippen LogP contribution in [0.15, 0.2) is 18.2 Å². The lowest BCUT2D eigenvalue weighted by molar-refractivity contribution is -0.162. The van der Waals surface area contributed by atoms with Crippen molar-refractivity contribution in [2.75, 3.05) is 7.11 Å². The summed E-state index contributed by atoms with van der Waals surface area (Å²) in [4.78, 5) is 25.2. The molecule has 2 aliphatic rings. The molecule has 28 heavy (non-hydrogen) atoms. The zero-order valence-corrected chi connectivity index (χ0v) is 18.1. The lowest BCUT2D eigenvalue weighted by Gasteiger charge is -2.32. The third-order valence-electron chi connectivity index (χ3n) is 6.18. The predicted molar refractivity (Wildman–Crippen MR) is 110 cm³/mol. The van der Waals surface area contributed by atoms with Crippen molar-refractivity contribution in [1.29, 1.82) is 0 Å². The summed E-state index contributed by atoms with van der Waals surface area (Å²) in [6, 6.07) is 5.51. The van der Waals surface area contributed by atoms with Crippen LogP contribution >= 0.6 is 11.6 Å². The number of esters is 2. The molecule has 4 nitrogen and oxygen atoms in total. The highest BCUT2D eigenvalue weighted by Crippen LogP contribution is 2.47. The molecule has 0 radical (unpaired) electrons. The number of halogens is 1. The second-order valence-corrected chi connectivity index (χ2v) is 9.75. The van der Waals surface area contributed by atoms with Gasteiger partial charge < -0.3 is 9.47 Å². The Kier molecular flexibility index (Phi) is 6.38. The molecule has 154 valence electrons. The van der Waals surface area contributed by atoms with E-state index in [0.29, 0.717) is 16.5 Å². The molecule has 1 aromatic carbocycles. The largest absolute Gasteiger partial charge is 0.465 e. The first-order valence-corrected chi connectivity index (χ1v) is 10.7. The average molecular weight is 407 g/mol. The number of benzene rings is 1. The molecule has 1 aromatic rings. The van der Waals surface area contributed by atoms with Gasteiger partial charge in [0.25, 0.3) is 0 Å². The fourth-order valence-corrected chi connectivity index (χ4v) is 5.11. The lowest BCUT2D eigenvalue weighted by Crippen LogP contribution is -2.33. The Hall–Kier alpha value is -1.55. The highest BCUT2D eigenvalue weighted by molar-refractivity contribution is 6.31. The molecule has 2 aliphatic carbocycles. The molecule has 0 aliphatic heterocycles. The number of hydrogen-bond acceptors (Lipinski definition) is 4. The minimum absolute atomic E-state index is 0.0547. The third-order valence-corrected chi connectivity index (χ3v) is 6.41. The predicted octanol–water partition coefficient (Wildman–Crippen LogP) is 5.77. The van der Waals surface area contributed by atoms with E-state index in [9.17, 15) is 9.59 Å². The number of methoxy groups -OCH3 is 1. The summed E-state index contributed by atoms with van der Waals surface area (Å²) in [5, 5.41) is 0.532. The SMILES string of the molecule is COC(=O)c1cc(Cl)ccc1C1CC2CCC(C1)C(C(=O)OC(C)(C)C)CC2. The van der Waals surface area contributed by atoms with Crippen LogP contribution in [0.5, 0.6) is 0 Å². The Morgan fingerprint density at radius 1 is 1.07 bits per heavy atom. The van der Waals surface area contributed by atoms with E-state index in [1.807, 2.05) is 32.9 Å². The van der Waals surface area contributed by atoms with E-state index in [2.05, 4.69) is 0 Å². The third kappa shape index (κ3) is 4.89. The van der Waals surface area contributed by atoms with Crippen LogP contribution in [0.25, 0.3) is 0 Å². The standard InChI is InChI=1S/C23H31ClO4/c1-23(2,3)28-22(26)19-9-6-14-5-7-15(19)12-16(11-14)18-10-8-17(24)13-20(18)21(25)27-4/h8,10,13-16,19H,5-7,9,11-12H2,1-4H3. The van der Waals surface area contributed by atoms with Gasteiger partial charge in [-0.1, -0.05) is 24.1 Å². The maximum Gasteiger partial charge on any atom is 0.338 e. The average Bonchev–Trinajstić information content (AvgIpc) is 2.93. The Morgan fingerprint density at radius 2 is 1.79 bits per heavy atom.